The third kappa shape index (κ3) is 2.44. The van der Waals surface area contributed by atoms with Gasteiger partial charge in [0, 0.05) is 5.39 Å². The van der Waals surface area contributed by atoms with E-state index in [0.717, 1.165) is 10.8 Å². The Bertz CT molecular complexity index is 1110. The van der Waals surface area contributed by atoms with E-state index < -0.39 is 11.6 Å². The molecule has 0 radical (unpaired) electrons. The van der Waals surface area contributed by atoms with Gasteiger partial charge < -0.3 is 9.15 Å². The summed E-state index contributed by atoms with van der Waals surface area (Å²) in [5.74, 6) is -0.357. The number of hydrogen-bond donors (Lipinski definition) is 0. The number of esters is 1. The first-order valence-corrected chi connectivity index (χ1v) is 7.45. The smallest absolute Gasteiger partial charge is 0.351 e. The lowest BCUT2D eigenvalue weighted by atomic mass is 10.0. The summed E-state index contributed by atoms with van der Waals surface area (Å²) in [7, 11) is 0. The minimum atomic E-state index is -0.732. The molecule has 0 unspecified atom stereocenters. The predicted molar refractivity (Wildman–Crippen MR) is 91.4 cm³/mol. The van der Waals surface area contributed by atoms with Gasteiger partial charge in [-0.15, -0.1) is 0 Å². The van der Waals surface area contributed by atoms with Gasteiger partial charge in [-0.1, -0.05) is 48.5 Å². The Hall–Kier alpha value is -3.40. The van der Waals surface area contributed by atoms with E-state index in [4.69, 9.17) is 9.15 Å². The molecule has 4 aromatic rings. The van der Waals surface area contributed by atoms with Gasteiger partial charge in [-0.2, -0.15) is 0 Å². The van der Waals surface area contributed by atoms with Gasteiger partial charge in [0.25, 0.3) is 0 Å². The summed E-state index contributed by atoms with van der Waals surface area (Å²) < 4.78 is 10.5. The zero-order valence-corrected chi connectivity index (χ0v) is 12.6. The second-order valence-corrected chi connectivity index (χ2v) is 5.35. The number of ether oxygens (including phenoxy) is 1. The molecule has 4 heteroatoms. The number of carbonyl (C=O) groups is 1. The van der Waals surface area contributed by atoms with E-state index in [1.54, 1.807) is 30.3 Å². The van der Waals surface area contributed by atoms with Gasteiger partial charge in [0.05, 0.1) is 0 Å². The van der Waals surface area contributed by atoms with Crippen molar-refractivity contribution in [3.8, 4) is 5.75 Å². The van der Waals surface area contributed by atoms with Crippen molar-refractivity contribution in [1.29, 1.82) is 0 Å². The van der Waals surface area contributed by atoms with Crippen LogP contribution < -0.4 is 10.4 Å². The van der Waals surface area contributed by atoms with Gasteiger partial charge in [-0.05, 0) is 35.0 Å². The number of para-hydroxylation sites is 1. The molecule has 0 saturated heterocycles. The Kier molecular flexibility index (Phi) is 3.35. The SMILES string of the molecule is O=C(Oc1ccccc1)c1cc2c(ccc3ccccc32)oc1=O. The van der Waals surface area contributed by atoms with Gasteiger partial charge >= 0.3 is 11.6 Å². The molecule has 3 aromatic carbocycles. The third-order valence-corrected chi connectivity index (χ3v) is 3.82. The Balaban J connectivity index is 1.86. The van der Waals surface area contributed by atoms with Crippen LogP contribution in [0.2, 0.25) is 0 Å². The van der Waals surface area contributed by atoms with Gasteiger partial charge in [0.15, 0.2) is 0 Å². The van der Waals surface area contributed by atoms with Crippen LogP contribution >= 0.6 is 0 Å². The monoisotopic (exact) mass is 316 g/mol. The average Bonchev–Trinajstić information content (AvgIpc) is 2.61. The summed E-state index contributed by atoms with van der Waals surface area (Å²) in [5, 5.41) is 2.61. The van der Waals surface area contributed by atoms with Gasteiger partial charge in [0.2, 0.25) is 0 Å². The maximum atomic E-state index is 12.3. The van der Waals surface area contributed by atoms with Crippen LogP contribution in [0.5, 0.6) is 5.75 Å². The molecule has 0 aliphatic heterocycles. The first-order valence-electron chi connectivity index (χ1n) is 7.45. The lowest BCUT2D eigenvalue weighted by Gasteiger charge is -2.06. The highest BCUT2D eigenvalue weighted by atomic mass is 16.5. The van der Waals surface area contributed by atoms with Crippen molar-refractivity contribution in [3.05, 3.63) is 88.8 Å². The lowest BCUT2D eigenvalue weighted by Crippen LogP contribution is -2.18. The summed E-state index contributed by atoms with van der Waals surface area (Å²) in [6.07, 6.45) is 0. The van der Waals surface area contributed by atoms with Crippen LogP contribution in [0.3, 0.4) is 0 Å². The van der Waals surface area contributed by atoms with Gasteiger partial charge in [-0.25, -0.2) is 9.59 Å². The van der Waals surface area contributed by atoms with Crippen molar-refractivity contribution < 1.29 is 13.9 Å². The van der Waals surface area contributed by atoms with E-state index in [-0.39, 0.29) is 5.56 Å². The molecule has 1 heterocycles. The molecular weight excluding hydrogens is 304 g/mol. The highest BCUT2D eigenvalue weighted by molar-refractivity contribution is 6.07. The summed E-state index contributed by atoms with van der Waals surface area (Å²) >= 11 is 0. The molecule has 0 fully saturated rings. The van der Waals surface area contributed by atoms with E-state index in [1.165, 1.54) is 6.07 Å². The molecule has 4 rings (SSSR count). The van der Waals surface area contributed by atoms with Crippen LogP contribution in [0, 0.1) is 0 Å². The fourth-order valence-electron chi connectivity index (χ4n) is 2.66. The summed E-state index contributed by atoms with van der Waals surface area (Å²) in [5.41, 5.74) is -0.392. The molecule has 4 nitrogen and oxygen atoms in total. The van der Waals surface area contributed by atoms with Crippen LogP contribution in [0.1, 0.15) is 10.4 Å². The summed E-state index contributed by atoms with van der Waals surface area (Å²) in [4.78, 5) is 24.5. The topological polar surface area (TPSA) is 56.5 Å². The second-order valence-electron chi connectivity index (χ2n) is 5.35. The summed E-state index contributed by atoms with van der Waals surface area (Å²) in [6, 6.07) is 21.5. The van der Waals surface area contributed by atoms with Crippen molar-refractivity contribution in [2.24, 2.45) is 0 Å². The number of carbonyl (C=O) groups excluding carboxylic acids is 1. The first-order chi connectivity index (χ1) is 11.7. The summed E-state index contributed by atoms with van der Waals surface area (Å²) in [6.45, 7) is 0. The molecule has 0 amide bonds. The van der Waals surface area contributed by atoms with E-state index in [0.29, 0.717) is 16.7 Å². The fourth-order valence-corrected chi connectivity index (χ4v) is 2.66. The molecule has 116 valence electrons. The minimum Gasteiger partial charge on any atom is -0.423 e. The van der Waals surface area contributed by atoms with Crippen LogP contribution in [0.4, 0.5) is 0 Å². The fraction of sp³-hybridized carbons (Fsp3) is 0. The Morgan fingerprint density at radius 1 is 0.833 bits per heavy atom. The molecule has 0 aliphatic carbocycles. The highest BCUT2D eigenvalue weighted by Gasteiger charge is 2.17. The van der Waals surface area contributed by atoms with E-state index in [9.17, 15) is 9.59 Å². The maximum absolute atomic E-state index is 12.3. The first kappa shape index (κ1) is 14.2. The zero-order chi connectivity index (χ0) is 16.5. The molecule has 0 atom stereocenters. The molecule has 24 heavy (non-hydrogen) atoms. The number of benzene rings is 3. The molecule has 0 N–H and O–H groups in total. The van der Waals surface area contributed by atoms with E-state index in [2.05, 4.69) is 0 Å². The van der Waals surface area contributed by atoms with Crippen molar-refractivity contribution in [2.75, 3.05) is 0 Å². The quantitative estimate of drug-likeness (QED) is 0.241. The second kappa shape index (κ2) is 5.66. The number of rotatable bonds is 2. The van der Waals surface area contributed by atoms with Crippen LogP contribution in [-0.2, 0) is 0 Å². The third-order valence-electron chi connectivity index (χ3n) is 3.82. The maximum Gasteiger partial charge on any atom is 0.351 e. The van der Waals surface area contributed by atoms with Crippen LogP contribution in [-0.4, -0.2) is 5.97 Å². The Morgan fingerprint density at radius 2 is 1.58 bits per heavy atom. The van der Waals surface area contributed by atoms with Crippen molar-refractivity contribution in [2.45, 2.75) is 0 Å². The molecule has 0 bridgehead atoms. The van der Waals surface area contributed by atoms with E-state index in [1.807, 2.05) is 36.4 Å². The van der Waals surface area contributed by atoms with Crippen molar-refractivity contribution in [3.63, 3.8) is 0 Å². The van der Waals surface area contributed by atoms with Crippen LogP contribution in [0.25, 0.3) is 21.7 Å². The van der Waals surface area contributed by atoms with Crippen LogP contribution in [0.15, 0.2) is 82.0 Å². The zero-order valence-electron chi connectivity index (χ0n) is 12.6. The van der Waals surface area contributed by atoms with E-state index >= 15 is 0 Å². The van der Waals surface area contributed by atoms with Gasteiger partial charge in [0.1, 0.15) is 16.9 Å². The van der Waals surface area contributed by atoms with Crippen molar-refractivity contribution in [1.82, 2.24) is 0 Å². The largest absolute Gasteiger partial charge is 0.423 e. The van der Waals surface area contributed by atoms with Gasteiger partial charge in [-0.3, -0.25) is 0 Å². The molecule has 1 aromatic heterocycles. The standard InChI is InChI=1S/C20H12O4/c21-19(23-14-7-2-1-3-8-14)17-12-16-15-9-5-4-6-13(15)10-11-18(16)24-20(17)22/h1-12H. The predicted octanol–water partition coefficient (Wildman–Crippen LogP) is 4.17. The Morgan fingerprint density at radius 3 is 2.42 bits per heavy atom. The number of hydrogen-bond acceptors (Lipinski definition) is 4. The molecule has 0 aliphatic rings. The number of fused-ring (bicyclic) bond motifs is 3. The lowest BCUT2D eigenvalue weighted by molar-refractivity contribution is 0.0730. The minimum absolute atomic E-state index is 0.122. The Labute approximate surface area is 136 Å². The normalized spacial score (nSPS) is 10.8. The molecule has 0 spiro atoms. The average molecular weight is 316 g/mol. The molecular formula is C20H12O4. The molecule has 0 saturated carbocycles. The highest BCUT2D eigenvalue weighted by Crippen LogP contribution is 2.25. The van der Waals surface area contributed by atoms with Crippen molar-refractivity contribution >= 4 is 27.7 Å².